The molecule has 0 spiro atoms. The van der Waals surface area contributed by atoms with Gasteiger partial charge in [-0.3, -0.25) is 4.79 Å². The lowest BCUT2D eigenvalue weighted by Crippen LogP contribution is -2.08. The molecule has 0 radical (unpaired) electrons. The van der Waals surface area contributed by atoms with Crippen molar-refractivity contribution in [3.8, 4) is 12.3 Å². The maximum absolute atomic E-state index is 10.8. The Morgan fingerprint density at radius 2 is 2.50 bits per heavy atom. The summed E-state index contributed by atoms with van der Waals surface area (Å²) in [4.78, 5) is 10.8. The molecule has 1 aliphatic carbocycles. The summed E-state index contributed by atoms with van der Waals surface area (Å²) in [6.07, 6.45) is 5.97. The van der Waals surface area contributed by atoms with Gasteiger partial charge in [-0.05, 0) is 13.3 Å². The number of esters is 1. The van der Waals surface area contributed by atoms with Gasteiger partial charge in [0.05, 0.1) is 13.0 Å². The van der Waals surface area contributed by atoms with E-state index in [-0.39, 0.29) is 17.3 Å². The molecule has 0 aromatic heterocycles. The molecule has 0 bridgehead atoms. The summed E-state index contributed by atoms with van der Waals surface area (Å²) in [5, 5.41) is 0. The van der Waals surface area contributed by atoms with E-state index in [0.29, 0.717) is 0 Å². The number of carbonyl (C=O) groups excluding carboxylic acids is 1. The molecule has 0 aliphatic heterocycles. The topological polar surface area (TPSA) is 26.3 Å². The van der Waals surface area contributed by atoms with Crippen LogP contribution in [0.3, 0.4) is 0 Å². The van der Waals surface area contributed by atoms with E-state index in [2.05, 4.69) is 10.7 Å². The van der Waals surface area contributed by atoms with E-state index in [1.165, 1.54) is 7.11 Å². The molecule has 1 rings (SSSR count). The highest BCUT2D eigenvalue weighted by molar-refractivity contribution is 5.77. The number of carbonyl (C=O) groups is 1. The lowest BCUT2D eigenvalue weighted by Gasteiger charge is -1.98. The Hall–Kier alpha value is -0.970. The molecule has 2 atom stereocenters. The Labute approximate surface area is 60.6 Å². The molecule has 0 unspecified atom stereocenters. The van der Waals surface area contributed by atoms with E-state index < -0.39 is 0 Å². The number of hydrogen-bond donors (Lipinski definition) is 0. The zero-order valence-electron chi connectivity index (χ0n) is 6.18. The lowest BCUT2D eigenvalue weighted by molar-refractivity contribution is -0.142. The molecule has 10 heavy (non-hydrogen) atoms. The van der Waals surface area contributed by atoms with Gasteiger partial charge in [0.25, 0.3) is 0 Å². The van der Waals surface area contributed by atoms with E-state index in [9.17, 15) is 4.79 Å². The van der Waals surface area contributed by atoms with Crippen molar-refractivity contribution >= 4 is 5.97 Å². The van der Waals surface area contributed by atoms with Gasteiger partial charge in [0.2, 0.25) is 0 Å². The molecular formula is C8H10O2. The van der Waals surface area contributed by atoms with Gasteiger partial charge in [-0.25, -0.2) is 0 Å². The average molecular weight is 138 g/mol. The van der Waals surface area contributed by atoms with Crippen LogP contribution in [0.1, 0.15) is 13.3 Å². The van der Waals surface area contributed by atoms with Crippen LogP contribution in [-0.2, 0) is 9.53 Å². The number of ether oxygens (including phenoxy) is 1. The number of terminal acetylenes is 1. The number of methoxy groups -OCH3 is 1. The van der Waals surface area contributed by atoms with Gasteiger partial charge >= 0.3 is 5.97 Å². The van der Waals surface area contributed by atoms with Crippen LogP contribution in [0.5, 0.6) is 0 Å². The van der Waals surface area contributed by atoms with Crippen molar-refractivity contribution < 1.29 is 9.53 Å². The van der Waals surface area contributed by atoms with E-state index in [1.54, 1.807) is 0 Å². The minimum atomic E-state index is -0.215. The Kier molecular flexibility index (Phi) is 1.44. The molecule has 0 N–H and O–H groups in total. The summed E-state index contributed by atoms with van der Waals surface area (Å²) in [7, 11) is 1.39. The van der Waals surface area contributed by atoms with Crippen LogP contribution in [0.2, 0.25) is 0 Å². The summed E-state index contributed by atoms with van der Waals surface area (Å²) in [5.41, 5.74) is -0.215. The van der Waals surface area contributed by atoms with Crippen LogP contribution in [0.25, 0.3) is 0 Å². The Balaban J connectivity index is 2.54. The highest BCUT2D eigenvalue weighted by atomic mass is 16.5. The van der Waals surface area contributed by atoms with Gasteiger partial charge in [-0.2, -0.15) is 0 Å². The zero-order chi connectivity index (χ0) is 7.78. The maximum Gasteiger partial charge on any atom is 0.310 e. The second-order valence-corrected chi connectivity index (χ2v) is 2.84. The largest absolute Gasteiger partial charge is 0.469 e. The van der Waals surface area contributed by atoms with Gasteiger partial charge in [-0.15, -0.1) is 6.42 Å². The third-order valence-corrected chi connectivity index (χ3v) is 2.05. The summed E-state index contributed by atoms with van der Waals surface area (Å²) in [6.45, 7) is 1.90. The number of rotatable bonds is 1. The van der Waals surface area contributed by atoms with E-state index in [4.69, 9.17) is 6.42 Å². The average Bonchev–Trinajstić information content (AvgIpc) is 2.62. The van der Waals surface area contributed by atoms with Crippen LogP contribution in [-0.4, -0.2) is 13.1 Å². The standard InChI is InChI=1S/C8H10O2/c1-4-8(2)5-6(8)7(9)10-3/h1,6H,5H2,2-3H3/t6-,8+/m1/s1. The monoisotopic (exact) mass is 138 g/mol. The van der Waals surface area contributed by atoms with Gasteiger partial charge < -0.3 is 4.74 Å². The predicted octanol–water partition coefficient (Wildman–Crippen LogP) is 0.819. The third-order valence-electron chi connectivity index (χ3n) is 2.05. The van der Waals surface area contributed by atoms with E-state index in [0.717, 1.165) is 6.42 Å². The van der Waals surface area contributed by atoms with Gasteiger partial charge in [0, 0.05) is 5.41 Å². The molecule has 0 aromatic rings. The second-order valence-electron chi connectivity index (χ2n) is 2.84. The second kappa shape index (κ2) is 2.02. The molecule has 2 heteroatoms. The predicted molar refractivity (Wildman–Crippen MR) is 37.1 cm³/mol. The highest BCUT2D eigenvalue weighted by Crippen LogP contribution is 2.51. The molecule has 54 valence electrons. The van der Waals surface area contributed by atoms with Gasteiger partial charge in [0.1, 0.15) is 0 Å². The summed E-state index contributed by atoms with van der Waals surface area (Å²) in [5.74, 6) is 2.35. The first-order valence-corrected chi connectivity index (χ1v) is 3.19. The quantitative estimate of drug-likeness (QED) is 0.396. The highest BCUT2D eigenvalue weighted by Gasteiger charge is 2.54. The van der Waals surface area contributed by atoms with Gasteiger partial charge in [0.15, 0.2) is 0 Å². The van der Waals surface area contributed by atoms with Crippen molar-refractivity contribution in [3.63, 3.8) is 0 Å². The van der Waals surface area contributed by atoms with Crippen LogP contribution in [0.4, 0.5) is 0 Å². The van der Waals surface area contributed by atoms with Crippen molar-refractivity contribution in [2.24, 2.45) is 11.3 Å². The lowest BCUT2D eigenvalue weighted by atomic mass is 10.1. The molecular weight excluding hydrogens is 128 g/mol. The van der Waals surface area contributed by atoms with Gasteiger partial charge in [-0.1, -0.05) is 5.92 Å². The molecule has 1 fully saturated rings. The fourth-order valence-electron chi connectivity index (χ4n) is 1.01. The molecule has 0 aromatic carbocycles. The summed E-state index contributed by atoms with van der Waals surface area (Å²) in [6, 6.07) is 0. The first-order chi connectivity index (χ1) is 4.64. The van der Waals surface area contributed by atoms with Crippen molar-refractivity contribution in [1.29, 1.82) is 0 Å². The first-order valence-electron chi connectivity index (χ1n) is 3.19. The first kappa shape index (κ1) is 7.14. The third kappa shape index (κ3) is 0.881. The van der Waals surface area contributed by atoms with Crippen molar-refractivity contribution in [2.45, 2.75) is 13.3 Å². The van der Waals surface area contributed by atoms with Crippen LogP contribution in [0.15, 0.2) is 0 Å². The SMILES string of the molecule is C#C[C@@]1(C)C[C@@H]1C(=O)OC. The molecule has 0 amide bonds. The normalized spacial score (nSPS) is 36.3. The molecule has 0 saturated heterocycles. The fraction of sp³-hybridized carbons (Fsp3) is 0.625. The van der Waals surface area contributed by atoms with Crippen molar-refractivity contribution in [3.05, 3.63) is 0 Å². The van der Waals surface area contributed by atoms with Crippen molar-refractivity contribution in [1.82, 2.24) is 0 Å². The van der Waals surface area contributed by atoms with Crippen LogP contribution >= 0.6 is 0 Å². The molecule has 0 heterocycles. The molecule has 1 aliphatic rings. The van der Waals surface area contributed by atoms with Crippen LogP contribution in [0, 0.1) is 23.7 Å². The smallest absolute Gasteiger partial charge is 0.310 e. The zero-order valence-corrected chi connectivity index (χ0v) is 6.18. The molecule has 1 saturated carbocycles. The maximum atomic E-state index is 10.8. The summed E-state index contributed by atoms with van der Waals surface area (Å²) >= 11 is 0. The molecule has 2 nitrogen and oxygen atoms in total. The Bertz CT molecular complexity index is 202. The Morgan fingerprint density at radius 1 is 1.90 bits per heavy atom. The van der Waals surface area contributed by atoms with E-state index >= 15 is 0 Å². The Morgan fingerprint density at radius 3 is 2.80 bits per heavy atom. The van der Waals surface area contributed by atoms with E-state index in [1.807, 2.05) is 6.92 Å². The summed E-state index contributed by atoms with van der Waals surface area (Å²) < 4.78 is 4.54. The number of hydrogen-bond acceptors (Lipinski definition) is 2. The fourth-order valence-corrected chi connectivity index (χ4v) is 1.01. The minimum absolute atomic E-state index is 0.0532. The van der Waals surface area contributed by atoms with Crippen molar-refractivity contribution in [2.75, 3.05) is 7.11 Å². The minimum Gasteiger partial charge on any atom is -0.469 e. The van der Waals surface area contributed by atoms with Crippen LogP contribution < -0.4 is 0 Å².